The molecule has 60 valence electrons. The van der Waals surface area contributed by atoms with Gasteiger partial charge in [-0.05, 0) is 24.6 Å². The van der Waals surface area contributed by atoms with E-state index in [1.807, 2.05) is 0 Å². The van der Waals surface area contributed by atoms with Crippen molar-refractivity contribution in [2.24, 2.45) is 7.05 Å². The van der Waals surface area contributed by atoms with Crippen molar-refractivity contribution in [2.75, 3.05) is 0 Å². The molecule has 0 spiro atoms. The first-order valence-corrected chi connectivity index (χ1v) is 3.53. The summed E-state index contributed by atoms with van der Waals surface area (Å²) >= 11 is 0. The van der Waals surface area contributed by atoms with Crippen molar-refractivity contribution in [1.82, 2.24) is 4.57 Å². The van der Waals surface area contributed by atoms with E-state index >= 15 is 0 Å². The van der Waals surface area contributed by atoms with Crippen LogP contribution in [0.5, 0.6) is 0 Å². The van der Waals surface area contributed by atoms with E-state index in [0.717, 1.165) is 5.52 Å². The molecule has 3 heteroatoms. The summed E-state index contributed by atoms with van der Waals surface area (Å²) in [5.74, 6) is -0.365. The molecular formula is C9H7NO2. The summed E-state index contributed by atoms with van der Waals surface area (Å²) in [6.07, 6.45) is 0. The summed E-state index contributed by atoms with van der Waals surface area (Å²) in [6, 6.07) is 5.09. The quantitative estimate of drug-likeness (QED) is 0.581. The topological polar surface area (TPSA) is 35.1 Å². The van der Waals surface area contributed by atoms with Crippen LogP contribution in [0.15, 0.2) is 27.4 Å². The Morgan fingerprint density at radius 2 is 2.25 bits per heavy atom. The molecule has 0 saturated carbocycles. The molecule has 12 heavy (non-hydrogen) atoms. The number of aryl methyl sites for hydroxylation is 1. The second-order valence-corrected chi connectivity index (χ2v) is 2.65. The molecule has 0 bridgehead atoms. The lowest BCUT2D eigenvalue weighted by molar-refractivity contribution is 0.528. The predicted molar refractivity (Wildman–Crippen MR) is 44.9 cm³/mol. The molecule has 0 amide bonds. The molecule has 0 N–H and O–H groups in total. The molecule has 1 heterocycles. The van der Waals surface area contributed by atoms with Crippen molar-refractivity contribution in [2.45, 2.75) is 0 Å². The van der Waals surface area contributed by atoms with Crippen LogP contribution >= 0.6 is 0 Å². The number of fused-ring (bicyclic) bond motifs is 1. The Hall–Kier alpha value is -1.51. The third-order valence-corrected chi connectivity index (χ3v) is 1.82. The summed E-state index contributed by atoms with van der Waals surface area (Å²) in [6.45, 7) is 5.54. The van der Waals surface area contributed by atoms with Gasteiger partial charge in [0, 0.05) is 7.05 Å². The fraction of sp³-hybridized carbons (Fsp3) is 0.111. The maximum atomic E-state index is 11.0. The van der Waals surface area contributed by atoms with Gasteiger partial charge in [0.25, 0.3) is 0 Å². The van der Waals surface area contributed by atoms with Gasteiger partial charge in [-0.3, -0.25) is 4.57 Å². The van der Waals surface area contributed by atoms with Crippen LogP contribution in [-0.4, -0.2) is 4.57 Å². The van der Waals surface area contributed by atoms with E-state index in [0.29, 0.717) is 11.1 Å². The third-order valence-electron chi connectivity index (χ3n) is 1.82. The second-order valence-electron chi connectivity index (χ2n) is 2.65. The van der Waals surface area contributed by atoms with Crippen molar-refractivity contribution in [3.8, 4) is 0 Å². The van der Waals surface area contributed by atoms with E-state index in [1.54, 1.807) is 25.2 Å². The number of oxazole rings is 1. The van der Waals surface area contributed by atoms with Crippen LogP contribution in [0.25, 0.3) is 11.1 Å². The maximum Gasteiger partial charge on any atom is 0.419 e. The van der Waals surface area contributed by atoms with Gasteiger partial charge in [-0.2, -0.15) is 0 Å². The number of aromatic nitrogens is 1. The first-order valence-electron chi connectivity index (χ1n) is 3.53. The SMILES string of the molecule is [CH]c1ccc2oc(=O)n(C)c2c1. The molecule has 2 rings (SSSR count). The fourth-order valence-corrected chi connectivity index (χ4v) is 1.14. The van der Waals surface area contributed by atoms with Crippen LogP contribution < -0.4 is 5.76 Å². The number of hydrogen-bond donors (Lipinski definition) is 0. The van der Waals surface area contributed by atoms with Crippen LogP contribution in [0.4, 0.5) is 0 Å². The number of hydrogen-bond acceptors (Lipinski definition) is 2. The van der Waals surface area contributed by atoms with Crippen LogP contribution in [0.2, 0.25) is 0 Å². The van der Waals surface area contributed by atoms with Crippen molar-refractivity contribution < 1.29 is 4.42 Å². The van der Waals surface area contributed by atoms with E-state index in [4.69, 9.17) is 11.3 Å². The highest BCUT2D eigenvalue weighted by atomic mass is 16.4. The van der Waals surface area contributed by atoms with E-state index < -0.39 is 0 Å². The molecule has 0 fully saturated rings. The van der Waals surface area contributed by atoms with E-state index in [9.17, 15) is 4.79 Å². The van der Waals surface area contributed by atoms with Gasteiger partial charge in [0.2, 0.25) is 0 Å². The summed E-state index contributed by atoms with van der Waals surface area (Å²) in [4.78, 5) is 11.0. The van der Waals surface area contributed by atoms with Gasteiger partial charge in [-0.15, -0.1) is 0 Å². The zero-order valence-electron chi connectivity index (χ0n) is 6.57. The van der Waals surface area contributed by atoms with Crippen molar-refractivity contribution in [3.63, 3.8) is 0 Å². The van der Waals surface area contributed by atoms with Gasteiger partial charge in [-0.1, -0.05) is 6.07 Å². The zero-order valence-corrected chi connectivity index (χ0v) is 6.57. The summed E-state index contributed by atoms with van der Waals surface area (Å²) < 4.78 is 6.33. The van der Waals surface area contributed by atoms with Crippen molar-refractivity contribution in [1.29, 1.82) is 0 Å². The molecule has 2 aromatic rings. The number of rotatable bonds is 0. The third kappa shape index (κ3) is 0.863. The Balaban J connectivity index is 2.98. The first kappa shape index (κ1) is 7.16. The minimum Gasteiger partial charge on any atom is -0.408 e. The van der Waals surface area contributed by atoms with Gasteiger partial charge in [0.1, 0.15) is 0 Å². The standard InChI is InChI=1S/C9H7NO2/c1-6-3-4-8-7(5-6)10(2)9(11)12-8/h1,3-5H,2H3. The first-order chi connectivity index (χ1) is 5.68. The predicted octanol–water partition coefficient (Wildman–Crippen LogP) is 1.19. The molecule has 0 atom stereocenters. The molecule has 1 aromatic carbocycles. The van der Waals surface area contributed by atoms with E-state index in [-0.39, 0.29) is 5.76 Å². The summed E-state index contributed by atoms with van der Waals surface area (Å²) in [5, 5.41) is 0. The highest BCUT2D eigenvalue weighted by molar-refractivity contribution is 5.73. The Morgan fingerprint density at radius 1 is 1.50 bits per heavy atom. The summed E-state index contributed by atoms with van der Waals surface area (Å²) in [7, 11) is 1.65. The number of benzene rings is 1. The second kappa shape index (κ2) is 2.24. The van der Waals surface area contributed by atoms with E-state index in [1.165, 1.54) is 4.57 Å². The van der Waals surface area contributed by atoms with Crippen LogP contribution in [-0.2, 0) is 7.05 Å². The maximum absolute atomic E-state index is 11.0. The molecule has 2 radical (unpaired) electrons. The van der Waals surface area contributed by atoms with Crippen LogP contribution in [0.3, 0.4) is 0 Å². The molecular weight excluding hydrogens is 154 g/mol. The zero-order chi connectivity index (χ0) is 8.72. The largest absolute Gasteiger partial charge is 0.419 e. The molecule has 0 aliphatic heterocycles. The molecule has 3 nitrogen and oxygen atoms in total. The molecule has 0 aliphatic carbocycles. The lowest BCUT2D eigenvalue weighted by atomic mass is 10.2. The average molecular weight is 161 g/mol. The minimum absolute atomic E-state index is 0.365. The van der Waals surface area contributed by atoms with Gasteiger partial charge in [0.05, 0.1) is 5.52 Å². The minimum atomic E-state index is -0.365. The molecule has 0 aliphatic rings. The highest BCUT2D eigenvalue weighted by Gasteiger charge is 2.03. The molecule has 0 unspecified atom stereocenters. The normalized spacial score (nSPS) is 10.8. The van der Waals surface area contributed by atoms with Crippen LogP contribution in [0.1, 0.15) is 5.56 Å². The Kier molecular flexibility index (Phi) is 1.33. The van der Waals surface area contributed by atoms with Gasteiger partial charge in [-0.25, -0.2) is 4.79 Å². The smallest absolute Gasteiger partial charge is 0.408 e. The van der Waals surface area contributed by atoms with E-state index in [2.05, 4.69) is 0 Å². The fourth-order valence-electron chi connectivity index (χ4n) is 1.14. The van der Waals surface area contributed by atoms with Gasteiger partial charge >= 0.3 is 5.76 Å². The Bertz CT molecular complexity index is 479. The van der Waals surface area contributed by atoms with Gasteiger partial charge in [0.15, 0.2) is 5.58 Å². The highest BCUT2D eigenvalue weighted by Crippen LogP contribution is 2.12. The monoisotopic (exact) mass is 161 g/mol. The average Bonchev–Trinajstić information content (AvgIpc) is 2.31. The van der Waals surface area contributed by atoms with Gasteiger partial charge < -0.3 is 4.42 Å². The summed E-state index contributed by atoms with van der Waals surface area (Å²) in [5.41, 5.74) is 1.91. The molecule has 0 saturated heterocycles. The van der Waals surface area contributed by atoms with Crippen molar-refractivity contribution >= 4 is 11.1 Å². The van der Waals surface area contributed by atoms with Crippen LogP contribution in [0, 0.1) is 6.92 Å². The molecule has 1 aromatic heterocycles. The Labute approximate surface area is 69.2 Å². The lowest BCUT2D eigenvalue weighted by Crippen LogP contribution is -2.08. The van der Waals surface area contributed by atoms with Crippen molar-refractivity contribution in [3.05, 3.63) is 41.2 Å². The Morgan fingerprint density at radius 3 is 3.00 bits per heavy atom. The lowest BCUT2D eigenvalue weighted by Gasteiger charge is -1.92. The number of nitrogens with zero attached hydrogens (tertiary/aromatic N) is 1.